The van der Waals surface area contributed by atoms with E-state index in [0.29, 0.717) is 16.5 Å². The van der Waals surface area contributed by atoms with E-state index in [1.807, 2.05) is 0 Å². The molecule has 0 aliphatic carbocycles. The standard InChI is InChI=1S/C18H14BrF2N3O3/c19-12-4-5-15-14(7-12)17(26)24(10-23-15)9-16(25)22-8-11-2-1-3-13(6-11)27-18(20)21/h1-7,10,18H,8-9H2,(H,22,25). The highest BCUT2D eigenvalue weighted by Crippen LogP contribution is 2.16. The molecule has 6 nitrogen and oxygen atoms in total. The molecule has 3 rings (SSSR count). The molecule has 0 saturated heterocycles. The van der Waals surface area contributed by atoms with Gasteiger partial charge in [0.2, 0.25) is 5.91 Å². The second-order valence-electron chi connectivity index (χ2n) is 5.64. The Labute approximate surface area is 160 Å². The van der Waals surface area contributed by atoms with E-state index in [-0.39, 0.29) is 24.4 Å². The summed E-state index contributed by atoms with van der Waals surface area (Å²) in [5.74, 6) is -0.397. The fourth-order valence-corrected chi connectivity index (χ4v) is 2.85. The number of rotatable bonds is 6. The summed E-state index contributed by atoms with van der Waals surface area (Å²) in [7, 11) is 0. The van der Waals surface area contributed by atoms with Gasteiger partial charge in [0, 0.05) is 11.0 Å². The first kappa shape index (κ1) is 19.0. The van der Waals surface area contributed by atoms with Crippen LogP contribution in [0.5, 0.6) is 5.75 Å². The summed E-state index contributed by atoms with van der Waals surface area (Å²) in [5.41, 5.74) is 0.800. The minimum Gasteiger partial charge on any atom is -0.435 e. The zero-order chi connectivity index (χ0) is 19.4. The highest BCUT2D eigenvalue weighted by atomic mass is 79.9. The van der Waals surface area contributed by atoms with E-state index in [0.717, 1.165) is 4.47 Å². The molecular weight excluding hydrogens is 424 g/mol. The first-order valence-electron chi connectivity index (χ1n) is 7.87. The smallest absolute Gasteiger partial charge is 0.387 e. The summed E-state index contributed by atoms with van der Waals surface area (Å²) < 4.78 is 30.8. The van der Waals surface area contributed by atoms with Gasteiger partial charge in [-0.25, -0.2) is 4.98 Å². The molecule has 3 aromatic rings. The third-order valence-corrected chi connectivity index (χ3v) is 4.21. The third kappa shape index (κ3) is 4.88. The van der Waals surface area contributed by atoms with Crippen molar-refractivity contribution in [3.63, 3.8) is 0 Å². The molecule has 0 bridgehead atoms. The topological polar surface area (TPSA) is 73.2 Å². The Morgan fingerprint density at radius 2 is 2.07 bits per heavy atom. The summed E-state index contributed by atoms with van der Waals surface area (Å²) in [6, 6.07) is 11.2. The van der Waals surface area contributed by atoms with Gasteiger partial charge in [-0.05, 0) is 35.9 Å². The molecule has 0 aliphatic rings. The van der Waals surface area contributed by atoms with Gasteiger partial charge in [0.25, 0.3) is 5.56 Å². The predicted octanol–water partition coefficient (Wildman–Crippen LogP) is 3.08. The molecule has 0 aliphatic heterocycles. The van der Waals surface area contributed by atoms with Crippen molar-refractivity contribution in [1.82, 2.24) is 14.9 Å². The van der Waals surface area contributed by atoms with E-state index in [1.54, 1.807) is 30.3 Å². The number of benzene rings is 2. The Hall–Kier alpha value is -2.81. The summed E-state index contributed by atoms with van der Waals surface area (Å²) in [6.07, 6.45) is 1.31. The molecule has 0 radical (unpaired) electrons. The van der Waals surface area contributed by atoms with Crippen LogP contribution in [0.1, 0.15) is 5.56 Å². The van der Waals surface area contributed by atoms with Gasteiger partial charge in [-0.2, -0.15) is 8.78 Å². The van der Waals surface area contributed by atoms with E-state index in [9.17, 15) is 18.4 Å². The number of ether oxygens (including phenoxy) is 1. The zero-order valence-electron chi connectivity index (χ0n) is 13.9. The maximum atomic E-state index is 12.5. The lowest BCUT2D eigenvalue weighted by Crippen LogP contribution is -2.32. The van der Waals surface area contributed by atoms with E-state index in [2.05, 4.69) is 31.0 Å². The first-order chi connectivity index (χ1) is 12.9. The van der Waals surface area contributed by atoms with Crippen LogP contribution in [0, 0.1) is 0 Å². The fraction of sp³-hybridized carbons (Fsp3) is 0.167. The van der Waals surface area contributed by atoms with Crippen LogP contribution in [-0.2, 0) is 17.9 Å². The predicted molar refractivity (Wildman–Crippen MR) is 98.6 cm³/mol. The highest BCUT2D eigenvalue weighted by molar-refractivity contribution is 9.10. The number of hydrogen-bond donors (Lipinski definition) is 1. The molecule has 27 heavy (non-hydrogen) atoms. The molecule has 9 heteroatoms. The van der Waals surface area contributed by atoms with Crippen molar-refractivity contribution in [1.29, 1.82) is 0 Å². The number of amides is 1. The van der Waals surface area contributed by atoms with Gasteiger partial charge in [-0.1, -0.05) is 28.1 Å². The molecule has 1 heterocycles. The van der Waals surface area contributed by atoms with Gasteiger partial charge in [0.05, 0.1) is 17.2 Å². The summed E-state index contributed by atoms with van der Waals surface area (Å²) >= 11 is 3.30. The molecule has 140 valence electrons. The number of aromatic nitrogens is 2. The van der Waals surface area contributed by atoms with Gasteiger partial charge < -0.3 is 10.1 Å². The quantitative estimate of drug-likeness (QED) is 0.642. The van der Waals surface area contributed by atoms with Gasteiger partial charge in [-0.15, -0.1) is 0 Å². The van der Waals surface area contributed by atoms with Crippen LogP contribution in [0.25, 0.3) is 10.9 Å². The Morgan fingerprint density at radius 3 is 2.85 bits per heavy atom. The van der Waals surface area contributed by atoms with Crippen molar-refractivity contribution in [2.45, 2.75) is 19.7 Å². The number of carbonyl (C=O) groups excluding carboxylic acids is 1. The van der Waals surface area contributed by atoms with E-state index in [1.165, 1.54) is 23.0 Å². The average Bonchev–Trinajstić information content (AvgIpc) is 2.62. The second kappa shape index (κ2) is 8.26. The van der Waals surface area contributed by atoms with Crippen LogP contribution in [-0.4, -0.2) is 22.1 Å². The van der Waals surface area contributed by atoms with Crippen LogP contribution < -0.4 is 15.6 Å². The minimum atomic E-state index is -2.91. The van der Waals surface area contributed by atoms with Crippen LogP contribution in [0.2, 0.25) is 0 Å². The largest absolute Gasteiger partial charge is 0.435 e. The van der Waals surface area contributed by atoms with Crippen LogP contribution in [0.3, 0.4) is 0 Å². The maximum Gasteiger partial charge on any atom is 0.387 e. The minimum absolute atomic E-state index is 0.0114. The molecule has 0 fully saturated rings. The number of nitrogens with zero attached hydrogens (tertiary/aromatic N) is 2. The highest BCUT2D eigenvalue weighted by Gasteiger charge is 2.09. The molecule has 0 saturated carbocycles. The maximum absolute atomic E-state index is 12.5. The number of fused-ring (bicyclic) bond motifs is 1. The number of nitrogens with one attached hydrogen (secondary N) is 1. The third-order valence-electron chi connectivity index (χ3n) is 3.71. The lowest BCUT2D eigenvalue weighted by molar-refractivity contribution is -0.121. The average molecular weight is 438 g/mol. The van der Waals surface area contributed by atoms with Crippen LogP contribution in [0.15, 0.2) is 58.1 Å². The number of halogens is 3. The number of hydrogen-bond acceptors (Lipinski definition) is 4. The van der Waals surface area contributed by atoms with Gasteiger partial charge in [0.1, 0.15) is 12.3 Å². The Bertz CT molecular complexity index is 1040. The van der Waals surface area contributed by atoms with E-state index < -0.39 is 12.5 Å². The van der Waals surface area contributed by atoms with Gasteiger partial charge >= 0.3 is 6.61 Å². The van der Waals surface area contributed by atoms with Crippen molar-refractivity contribution < 1.29 is 18.3 Å². The van der Waals surface area contributed by atoms with Crippen LogP contribution in [0.4, 0.5) is 8.78 Å². The Balaban J connectivity index is 1.67. The number of alkyl halides is 2. The van der Waals surface area contributed by atoms with Gasteiger partial charge in [-0.3, -0.25) is 14.2 Å². The molecule has 0 spiro atoms. The molecular formula is C18H14BrF2N3O3. The fourth-order valence-electron chi connectivity index (χ4n) is 2.49. The molecule has 1 N–H and O–H groups in total. The summed E-state index contributed by atoms with van der Waals surface area (Å²) in [5, 5.41) is 3.04. The van der Waals surface area contributed by atoms with Gasteiger partial charge in [0.15, 0.2) is 0 Å². The molecule has 0 unspecified atom stereocenters. The van der Waals surface area contributed by atoms with Crippen molar-refractivity contribution in [2.24, 2.45) is 0 Å². The zero-order valence-corrected chi connectivity index (χ0v) is 15.4. The molecule has 1 aromatic heterocycles. The summed E-state index contributed by atoms with van der Waals surface area (Å²) in [4.78, 5) is 28.8. The van der Waals surface area contributed by atoms with Crippen molar-refractivity contribution in [3.05, 3.63) is 69.2 Å². The Morgan fingerprint density at radius 1 is 1.26 bits per heavy atom. The molecule has 2 aromatic carbocycles. The first-order valence-corrected chi connectivity index (χ1v) is 8.67. The van der Waals surface area contributed by atoms with Crippen molar-refractivity contribution in [2.75, 3.05) is 0 Å². The monoisotopic (exact) mass is 437 g/mol. The summed E-state index contributed by atoms with van der Waals surface area (Å²) in [6.45, 7) is -3.01. The lowest BCUT2D eigenvalue weighted by Gasteiger charge is -2.09. The molecule has 1 amide bonds. The SMILES string of the molecule is O=C(Cn1cnc2ccc(Br)cc2c1=O)NCc1cccc(OC(F)F)c1. The normalized spacial score (nSPS) is 11.0. The number of carbonyl (C=O) groups is 1. The van der Waals surface area contributed by atoms with Crippen molar-refractivity contribution >= 4 is 32.7 Å². The van der Waals surface area contributed by atoms with Crippen LogP contribution >= 0.6 is 15.9 Å². The molecule has 0 atom stereocenters. The van der Waals surface area contributed by atoms with Crippen molar-refractivity contribution in [3.8, 4) is 5.75 Å². The lowest BCUT2D eigenvalue weighted by atomic mass is 10.2. The second-order valence-corrected chi connectivity index (χ2v) is 6.56. The Kier molecular flexibility index (Phi) is 5.80. The van der Waals surface area contributed by atoms with E-state index in [4.69, 9.17) is 0 Å². The van der Waals surface area contributed by atoms with E-state index >= 15 is 0 Å².